The van der Waals surface area contributed by atoms with Crippen LogP contribution in [0.15, 0.2) is 12.2 Å². The molecule has 0 spiro atoms. The van der Waals surface area contributed by atoms with Crippen molar-refractivity contribution in [1.82, 2.24) is 4.90 Å². The second-order valence-corrected chi connectivity index (χ2v) is 3.91. The fraction of sp³-hybridized carbons (Fsp3) is 0.545. The van der Waals surface area contributed by atoms with E-state index in [1.54, 1.807) is 6.92 Å². The van der Waals surface area contributed by atoms with Gasteiger partial charge in [0.25, 0.3) is 0 Å². The number of fused-ring (bicyclic) bond motifs is 1. The number of carbonyl (C=O) groups is 3. The Bertz CT molecular complexity index is 333. The Labute approximate surface area is 87.9 Å². The van der Waals surface area contributed by atoms with E-state index in [0.29, 0.717) is 12.8 Å². The van der Waals surface area contributed by atoms with Gasteiger partial charge in [0.2, 0.25) is 17.7 Å². The smallest absolute Gasteiger partial charge is 0.240 e. The molecular weight excluding hydrogens is 194 g/mol. The van der Waals surface area contributed by atoms with Gasteiger partial charge in [0, 0.05) is 6.42 Å². The van der Waals surface area contributed by atoms with Crippen LogP contribution in [0.5, 0.6) is 0 Å². The summed E-state index contributed by atoms with van der Waals surface area (Å²) < 4.78 is 0. The summed E-state index contributed by atoms with van der Waals surface area (Å²) in [6.07, 6.45) is 5.19. The normalized spacial score (nSPS) is 29.5. The molecule has 2 rings (SSSR count). The number of likely N-dealkylation sites (tertiary alicyclic amines) is 1. The quantitative estimate of drug-likeness (QED) is 0.473. The molecule has 1 aliphatic carbocycles. The zero-order chi connectivity index (χ0) is 11.0. The maximum Gasteiger partial charge on any atom is 0.240 e. The molecule has 0 N–H and O–H groups in total. The first-order valence-electron chi connectivity index (χ1n) is 5.22. The van der Waals surface area contributed by atoms with Crippen molar-refractivity contribution in [2.45, 2.75) is 26.2 Å². The number of hydrogen-bond acceptors (Lipinski definition) is 3. The van der Waals surface area contributed by atoms with Crippen molar-refractivity contribution in [3.8, 4) is 0 Å². The number of imide groups is 3. The van der Waals surface area contributed by atoms with Crippen LogP contribution in [0.3, 0.4) is 0 Å². The fourth-order valence-corrected chi connectivity index (χ4v) is 2.20. The van der Waals surface area contributed by atoms with Gasteiger partial charge in [-0.3, -0.25) is 14.4 Å². The van der Waals surface area contributed by atoms with Crippen molar-refractivity contribution in [1.29, 1.82) is 0 Å². The summed E-state index contributed by atoms with van der Waals surface area (Å²) in [6.45, 7) is 1.66. The lowest BCUT2D eigenvalue weighted by Gasteiger charge is -2.14. The largest absolute Gasteiger partial charge is 0.274 e. The first-order chi connectivity index (χ1) is 7.16. The number of amides is 3. The molecule has 4 nitrogen and oxygen atoms in total. The standard InChI is InChI=1S/C11H13NO3/c1-2-9(13)12-10(14)7-5-3-4-6-8(7)11(12)15/h3-4,7-8H,2,5-6H2,1H3. The van der Waals surface area contributed by atoms with Gasteiger partial charge in [-0.05, 0) is 12.8 Å². The van der Waals surface area contributed by atoms with Crippen LogP contribution in [-0.2, 0) is 14.4 Å². The Hall–Kier alpha value is -1.45. The van der Waals surface area contributed by atoms with Crippen LogP contribution in [0.2, 0.25) is 0 Å². The second kappa shape index (κ2) is 3.61. The number of rotatable bonds is 1. The molecule has 1 heterocycles. The number of hydrogen-bond donors (Lipinski definition) is 0. The number of carbonyl (C=O) groups excluding carboxylic acids is 3. The van der Waals surface area contributed by atoms with Gasteiger partial charge in [-0.1, -0.05) is 19.1 Å². The molecule has 0 aromatic rings. The molecule has 1 aliphatic heterocycles. The molecule has 3 amide bonds. The molecule has 0 bridgehead atoms. The van der Waals surface area contributed by atoms with Crippen LogP contribution >= 0.6 is 0 Å². The van der Waals surface area contributed by atoms with Gasteiger partial charge in [0.1, 0.15) is 0 Å². The van der Waals surface area contributed by atoms with E-state index in [1.807, 2.05) is 12.2 Å². The number of allylic oxidation sites excluding steroid dienone is 2. The van der Waals surface area contributed by atoms with Gasteiger partial charge in [0.15, 0.2) is 0 Å². The maximum absolute atomic E-state index is 11.8. The summed E-state index contributed by atoms with van der Waals surface area (Å²) in [5, 5.41) is 0. The highest BCUT2D eigenvalue weighted by Gasteiger charge is 2.49. The summed E-state index contributed by atoms with van der Waals surface area (Å²) in [7, 11) is 0. The minimum Gasteiger partial charge on any atom is -0.274 e. The third kappa shape index (κ3) is 1.40. The molecule has 0 saturated carbocycles. The molecule has 80 valence electrons. The summed E-state index contributed by atoms with van der Waals surface area (Å²) in [6, 6.07) is 0. The van der Waals surface area contributed by atoms with Crippen LogP contribution in [0.4, 0.5) is 0 Å². The molecule has 2 atom stereocenters. The molecule has 2 unspecified atom stereocenters. The van der Waals surface area contributed by atoms with Crippen LogP contribution in [0.25, 0.3) is 0 Å². The van der Waals surface area contributed by atoms with Gasteiger partial charge in [0.05, 0.1) is 11.8 Å². The first kappa shape index (κ1) is 10.1. The van der Waals surface area contributed by atoms with Gasteiger partial charge in [-0.2, -0.15) is 0 Å². The van der Waals surface area contributed by atoms with E-state index in [-0.39, 0.29) is 36.0 Å². The molecule has 15 heavy (non-hydrogen) atoms. The van der Waals surface area contributed by atoms with E-state index in [1.165, 1.54) is 0 Å². The van der Waals surface area contributed by atoms with Crippen molar-refractivity contribution in [2.75, 3.05) is 0 Å². The highest BCUT2D eigenvalue weighted by Crippen LogP contribution is 2.35. The van der Waals surface area contributed by atoms with Gasteiger partial charge >= 0.3 is 0 Å². The Morgan fingerprint density at radius 1 is 1.27 bits per heavy atom. The Morgan fingerprint density at radius 3 is 2.13 bits per heavy atom. The Kier molecular flexibility index (Phi) is 2.42. The van der Waals surface area contributed by atoms with E-state index in [9.17, 15) is 14.4 Å². The molecule has 0 aromatic heterocycles. The van der Waals surface area contributed by atoms with E-state index < -0.39 is 0 Å². The summed E-state index contributed by atoms with van der Waals surface area (Å²) in [5.41, 5.74) is 0. The average molecular weight is 207 g/mol. The van der Waals surface area contributed by atoms with Crippen molar-refractivity contribution < 1.29 is 14.4 Å². The monoisotopic (exact) mass is 207 g/mol. The maximum atomic E-state index is 11.8. The summed E-state index contributed by atoms with van der Waals surface area (Å²) in [5.74, 6) is -1.57. The molecule has 0 aromatic carbocycles. The first-order valence-corrected chi connectivity index (χ1v) is 5.22. The SMILES string of the molecule is CCC(=O)N1C(=O)C2CC=CCC2C1=O. The Morgan fingerprint density at radius 2 is 1.73 bits per heavy atom. The second-order valence-electron chi connectivity index (χ2n) is 3.91. The van der Waals surface area contributed by atoms with Crippen LogP contribution in [-0.4, -0.2) is 22.6 Å². The molecule has 1 saturated heterocycles. The molecule has 4 heteroatoms. The van der Waals surface area contributed by atoms with Gasteiger partial charge < -0.3 is 0 Å². The lowest BCUT2D eigenvalue weighted by Crippen LogP contribution is -2.36. The minimum atomic E-state index is -0.376. The average Bonchev–Trinajstić information content (AvgIpc) is 2.52. The summed E-state index contributed by atoms with van der Waals surface area (Å²) in [4.78, 5) is 35.9. The van der Waals surface area contributed by atoms with E-state index in [0.717, 1.165) is 4.90 Å². The third-order valence-corrected chi connectivity index (χ3v) is 3.06. The van der Waals surface area contributed by atoms with Crippen molar-refractivity contribution in [3.05, 3.63) is 12.2 Å². The minimum absolute atomic E-state index is 0.199. The predicted octanol–water partition coefficient (Wildman–Crippen LogP) is 0.874. The fourth-order valence-electron chi connectivity index (χ4n) is 2.20. The summed E-state index contributed by atoms with van der Waals surface area (Å²) >= 11 is 0. The lowest BCUT2D eigenvalue weighted by atomic mass is 9.85. The predicted molar refractivity (Wildman–Crippen MR) is 52.5 cm³/mol. The van der Waals surface area contributed by atoms with E-state index >= 15 is 0 Å². The third-order valence-electron chi connectivity index (χ3n) is 3.06. The zero-order valence-corrected chi connectivity index (χ0v) is 8.60. The topological polar surface area (TPSA) is 54.5 Å². The van der Waals surface area contributed by atoms with E-state index in [4.69, 9.17) is 0 Å². The van der Waals surface area contributed by atoms with Gasteiger partial charge in [-0.25, -0.2) is 4.90 Å². The Balaban J connectivity index is 2.28. The van der Waals surface area contributed by atoms with Gasteiger partial charge in [-0.15, -0.1) is 0 Å². The molecule has 2 aliphatic rings. The molecular formula is C11H13NO3. The number of nitrogens with zero attached hydrogens (tertiary/aromatic N) is 1. The van der Waals surface area contributed by atoms with Crippen LogP contribution < -0.4 is 0 Å². The van der Waals surface area contributed by atoms with Crippen molar-refractivity contribution in [2.24, 2.45) is 11.8 Å². The lowest BCUT2D eigenvalue weighted by molar-refractivity contribution is -0.150. The zero-order valence-electron chi connectivity index (χ0n) is 8.60. The highest BCUT2D eigenvalue weighted by molar-refractivity contribution is 6.17. The van der Waals surface area contributed by atoms with Crippen molar-refractivity contribution >= 4 is 17.7 Å². The van der Waals surface area contributed by atoms with E-state index in [2.05, 4.69) is 0 Å². The van der Waals surface area contributed by atoms with Crippen LogP contribution in [0, 0.1) is 11.8 Å². The van der Waals surface area contributed by atoms with Crippen molar-refractivity contribution in [3.63, 3.8) is 0 Å². The van der Waals surface area contributed by atoms with Crippen LogP contribution in [0.1, 0.15) is 26.2 Å². The molecule has 1 fully saturated rings. The highest BCUT2D eigenvalue weighted by atomic mass is 16.2. The molecule has 0 radical (unpaired) electrons.